The lowest BCUT2D eigenvalue weighted by molar-refractivity contribution is -0.101. The predicted molar refractivity (Wildman–Crippen MR) is 177 cm³/mol. The Hall–Kier alpha value is -0.430. The number of phosphoric ester groups is 1. The van der Waals surface area contributed by atoms with Gasteiger partial charge < -0.3 is 14.7 Å². The van der Waals surface area contributed by atoms with Crippen LogP contribution in [0.3, 0.4) is 0 Å². The van der Waals surface area contributed by atoms with Gasteiger partial charge in [-0.3, -0.25) is 4.52 Å². The average molecular weight is 620 g/mol. The van der Waals surface area contributed by atoms with E-state index in [1.165, 1.54) is 140 Å². The number of hydrogen-bond donors (Lipinski definition) is 2. The van der Waals surface area contributed by atoms with E-state index >= 15 is 0 Å². The van der Waals surface area contributed by atoms with Crippen LogP contribution in [0.2, 0.25) is 0 Å². The Labute approximate surface area is 260 Å². The van der Waals surface area contributed by atoms with Gasteiger partial charge in [0, 0.05) is 13.1 Å². The van der Waals surface area contributed by atoms with Crippen LogP contribution in [-0.4, -0.2) is 48.2 Å². The molecule has 0 fully saturated rings. The van der Waals surface area contributed by atoms with Crippen LogP contribution < -0.4 is 0 Å². The van der Waals surface area contributed by atoms with E-state index in [1.54, 1.807) is 0 Å². The number of allylic oxidation sites excluding steroid dienone is 1. The summed E-state index contributed by atoms with van der Waals surface area (Å²) in [5.74, 6) is 0. The SMILES string of the molecule is CCCCCCCCCCCCCCCCC=COP(=O)(OCCCCCCCCCCCC)ON(CCO)CCO. The number of nitrogens with zero attached hydrogens (tertiary/aromatic N) is 1. The molecule has 0 bridgehead atoms. The Morgan fingerprint density at radius 1 is 0.571 bits per heavy atom. The zero-order chi connectivity index (χ0) is 30.8. The third-order valence-corrected chi connectivity index (χ3v) is 8.98. The maximum absolute atomic E-state index is 13.3. The van der Waals surface area contributed by atoms with Gasteiger partial charge in [-0.15, -0.1) is 0 Å². The summed E-state index contributed by atoms with van der Waals surface area (Å²) < 4.78 is 29.9. The fourth-order valence-corrected chi connectivity index (χ4v) is 6.22. The quantitative estimate of drug-likeness (QED) is 0.0316. The standard InChI is InChI=1S/C34H70NO6P/c1-3-5-7-9-11-13-15-16-17-18-19-20-22-24-26-28-34-40-42(38,41-35(29-31-36)30-32-37)39-33-27-25-23-21-14-12-10-8-6-4-2/h28,34,36-37H,3-27,29-33H2,1-2H3. The number of aliphatic hydroxyl groups is 2. The molecular weight excluding hydrogens is 549 g/mol. The van der Waals surface area contributed by atoms with Gasteiger partial charge in [-0.1, -0.05) is 155 Å². The maximum Gasteiger partial charge on any atom is 0.546 e. The topological polar surface area (TPSA) is 88.5 Å². The highest BCUT2D eigenvalue weighted by atomic mass is 31.2. The van der Waals surface area contributed by atoms with Gasteiger partial charge in [0.1, 0.15) is 0 Å². The van der Waals surface area contributed by atoms with Crippen LogP contribution >= 0.6 is 7.82 Å². The molecule has 1 unspecified atom stereocenters. The minimum atomic E-state index is -3.88. The summed E-state index contributed by atoms with van der Waals surface area (Å²) in [5.41, 5.74) is 0. The van der Waals surface area contributed by atoms with Crippen molar-refractivity contribution in [3.8, 4) is 0 Å². The minimum absolute atomic E-state index is 0.109. The van der Waals surface area contributed by atoms with E-state index in [2.05, 4.69) is 13.8 Å². The molecule has 0 aromatic heterocycles. The predicted octanol–water partition coefficient (Wildman–Crippen LogP) is 10.7. The van der Waals surface area contributed by atoms with Crippen molar-refractivity contribution in [2.24, 2.45) is 0 Å². The molecule has 0 heterocycles. The molecule has 0 spiro atoms. The second kappa shape index (κ2) is 33.5. The molecular formula is C34H70NO6P. The van der Waals surface area contributed by atoms with Crippen LogP contribution in [0.1, 0.15) is 174 Å². The first-order valence-corrected chi connectivity index (χ1v) is 19.3. The third-order valence-electron chi connectivity index (χ3n) is 7.67. The number of rotatable bonds is 35. The summed E-state index contributed by atoms with van der Waals surface area (Å²) in [6.45, 7) is 4.64. The zero-order valence-corrected chi connectivity index (χ0v) is 28.7. The highest BCUT2D eigenvalue weighted by Crippen LogP contribution is 2.50. The zero-order valence-electron chi connectivity index (χ0n) is 27.8. The fourth-order valence-electron chi connectivity index (χ4n) is 5.04. The number of aliphatic hydroxyl groups excluding tert-OH is 2. The summed E-state index contributed by atoms with van der Waals surface area (Å²) in [7, 11) is -3.88. The van der Waals surface area contributed by atoms with Gasteiger partial charge in [0.15, 0.2) is 0 Å². The molecule has 8 heteroatoms. The lowest BCUT2D eigenvalue weighted by Crippen LogP contribution is -2.29. The molecule has 0 saturated carbocycles. The van der Waals surface area contributed by atoms with Crippen LogP contribution in [0.25, 0.3) is 0 Å². The molecule has 0 saturated heterocycles. The second-order valence-corrected chi connectivity index (χ2v) is 13.3. The largest absolute Gasteiger partial charge is 0.546 e. The lowest BCUT2D eigenvalue weighted by atomic mass is 10.0. The molecule has 2 N–H and O–H groups in total. The maximum atomic E-state index is 13.3. The second-order valence-electron chi connectivity index (χ2n) is 11.8. The summed E-state index contributed by atoms with van der Waals surface area (Å²) in [6, 6.07) is 0. The highest BCUT2D eigenvalue weighted by Gasteiger charge is 2.30. The Bertz CT molecular complexity index is 601. The molecule has 0 aromatic rings. The highest BCUT2D eigenvalue weighted by molar-refractivity contribution is 7.48. The first-order chi connectivity index (χ1) is 20.6. The summed E-state index contributed by atoms with van der Waals surface area (Å²) in [4.78, 5) is 0. The number of unbranched alkanes of at least 4 members (excludes halogenated alkanes) is 23. The Morgan fingerprint density at radius 2 is 0.952 bits per heavy atom. The van der Waals surface area contributed by atoms with Crippen LogP contribution in [0.5, 0.6) is 0 Å². The molecule has 0 aromatic carbocycles. The average Bonchev–Trinajstić information content (AvgIpc) is 2.98. The van der Waals surface area contributed by atoms with E-state index in [0.29, 0.717) is 0 Å². The Balaban J connectivity index is 4.11. The van der Waals surface area contributed by atoms with E-state index in [1.807, 2.05) is 6.08 Å². The van der Waals surface area contributed by atoms with Gasteiger partial charge in [-0.2, -0.15) is 9.69 Å². The summed E-state index contributed by atoms with van der Waals surface area (Å²) in [5, 5.41) is 19.8. The van der Waals surface area contributed by atoms with Crippen molar-refractivity contribution in [3.63, 3.8) is 0 Å². The van der Waals surface area contributed by atoms with Crippen LogP contribution in [0.4, 0.5) is 0 Å². The van der Waals surface area contributed by atoms with Crippen molar-refractivity contribution >= 4 is 7.82 Å². The molecule has 42 heavy (non-hydrogen) atoms. The van der Waals surface area contributed by atoms with Crippen molar-refractivity contribution in [2.45, 2.75) is 174 Å². The fraction of sp³-hybridized carbons (Fsp3) is 0.941. The molecule has 1 atom stereocenters. The van der Waals surface area contributed by atoms with E-state index in [-0.39, 0.29) is 32.9 Å². The molecule has 7 nitrogen and oxygen atoms in total. The number of hydroxylamine groups is 2. The monoisotopic (exact) mass is 619 g/mol. The summed E-state index contributed by atoms with van der Waals surface area (Å²) in [6.07, 6.45) is 34.9. The van der Waals surface area contributed by atoms with Crippen molar-refractivity contribution in [3.05, 3.63) is 12.3 Å². The Morgan fingerprint density at radius 3 is 1.36 bits per heavy atom. The normalized spacial score (nSPS) is 13.4. The third kappa shape index (κ3) is 29.6. The molecule has 0 radical (unpaired) electrons. The van der Waals surface area contributed by atoms with Gasteiger partial charge in [0.05, 0.1) is 26.1 Å². The number of phosphoric acid groups is 1. The Kier molecular flexibility index (Phi) is 33.1. The van der Waals surface area contributed by atoms with Crippen molar-refractivity contribution in [1.82, 2.24) is 5.06 Å². The minimum Gasteiger partial charge on any atom is -0.411 e. The van der Waals surface area contributed by atoms with E-state index in [9.17, 15) is 14.8 Å². The first-order valence-electron chi connectivity index (χ1n) is 17.9. The van der Waals surface area contributed by atoms with Crippen LogP contribution in [0, 0.1) is 0 Å². The van der Waals surface area contributed by atoms with Gasteiger partial charge in [-0.25, -0.2) is 4.57 Å². The van der Waals surface area contributed by atoms with E-state index < -0.39 is 7.82 Å². The van der Waals surface area contributed by atoms with Gasteiger partial charge in [0.2, 0.25) is 0 Å². The van der Waals surface area contributed by atoms with Crippen molar-refractivity contribution in [1.29, 1.82) is 0 Å². The summed E-state index contributed by atoms with van der Waals surface area (Å²) >= 11 is 0. The van der Waals surface area contributed by atoms with Crippen molar-refractivity contribution in [2.75, 3.05) is 32.9 Å². The number of hydrogen-bond acceptors (Lipinski definition) is 7. The van der Waals surface area contributed by atoms with Gasteiger partial charge in [-0.05, 0) is 25.3 Å². The molecule has 0 aliphatic heterocycles. The molecule has 0 aliphatic rings. The molecule has 0 amide bonds. The lowest BCUT2D eigenvalue weighted by Gasteiger charge is -2.24. The van der Waals surface area contributed by atoms with Gasteiger partial charge in [0.25, 0.3) is 0 Å². The van der Waals surface area contributed by atoms with Crippen LogP contribution in [0.15, 0.2) is 12.3 Å². The smallest absolute Gasteiger partial charge is 0.411 e. The van der Waals surface area contributed by atoms with E-state index in [4.69, 9.17) is 13.7 Å². The molecule has 252 valence electrons. The first kappa shape index (κ1) is 41.6. The van der Waals surface area contributed by atoms with Gasteiger partial charge >= 0.3 is 7.82 Å². The van der Waals surface area contributed by atoms with E-state index in [0.717, 1.165) is 32.1 Å². The molecule has 0 aliphatic carbocycles. The van der Waals surface area contributed by atoms with Crippen LogP contribution in [-0.2, 0) is 18.2 Å². The van der Waals surface area contributed by atoms with Crippen molar-refractivity contribution < 1.29 is 28.5 Å². The molecule has 0 rings (SSSR count).